The number of rotatable bonds is 5. The van der Waals surface area contributed by atoms with Crippen LogP contribution in [0, 0.1) is 12.3 Å². The Kier molecular flexibility index (Phi) is 4.51. The first-order chi connectivity index (χ1) is 6.81. The first kappa shape index (κ1) is 11.1. The van der Waals surface area contributed by atoms with Crippen LogP contribution in [0.3, 0.4) is 0 Å². The highest BCUT2D eigenvalue weighted by Gasteiger charge is 2.09. The van der Waals surface area contributed by atoms with Crippen LogP contribution in [0.25, 0.3) is 0 Å². The molecule has 0 aliphatic carbocycles. The molecule has 1 unspecified atom stereocenters. The van der Waals surface area contributed by atoms with Crippen molar-refractivity contribution in [2.24, 2.45) is 0 Å². The molecule has 14 heavy (non-hydrogen) atoms. The van der Waals surface area contributed by atoms with Gasteiger partial charge in [0.2, 0.25) is 0 Å². The monoisotopic (exact) mass is 209 g/mol. The molecule has 1 aromatic heterocycles. The van der Waals surface area contributed by atoms with E-state index in [1.54, 1.807) is 18.4 Å². The lowest BCUT2D eigenvalue weighted by Crippen LogP contribution is -2.19. The Balaban J connectivity index is 2.65. The van der Waals surface area contributed by atoms with Gasteiger partial charge in [-0.3, -0.25) is 5.32 Å². The number of ether oxygens (including phenoxy) is 1. The third-order valence-electron chi connectivity index (χ3n) is 1.88. The molecule has 0 saturated heterocycles. The summed E-state index contributed by atoms with van der Waals surface area (Å²) in [6.45, 7) is 3.06. The van der Waals surface area contributed by atoms with E-state index in [0.717, 1.165) is 23.6 Å². The molecule has 0 saturated carbocycles. The van der Waals surface area contributed by atoms with E-state index in [4.69, 9.17) is 11.2 Å². The van der Waals surface area contributed by atoms with Gasteiger partial charge in [0.1, 0.15) is 11.8 Å². The van der Waals surface area contributed by atoms with Crippen LogP contribution in [0.4, 0.5) is 0 Å². The smallest absolute Gasteiger partial charge is 0.129 e. The molecule has 1 heterocycles. The van der Waals surface area contributed by atoms with Crippen molar-refractivity contribution in [1.82, 2.24) is 5.32 Å². The fourth-order valence-electron chi connectivity index (χ4n) is 1.12. The molecule has 0 aliphatic heterocycles. The number of hydrogen-bond donors (Lipinski definition) is 1. The van der Waals surface area contributed by atoms with Gasteiger partial charge in [-0.05, 0) is 19.0 Å². The van der Waals surface area contributed by atoms with Gasteiger partial charge in [-0.1, -0.05) is 12.8 Å². The van der Waals surface area contributed by atoms with Crippen LogP contribution < -0.4 is 10.1 Å². The second-order valence-electron chi connectivity index (χ2n) is 2.94. The Bertz CT molecular complexity index is 313. The van der Waals surface area contributed by atoms with Crippen molar-refractivity contribution in [1.29, 1.82) is 0 Å². The van der Waals surface area contributed by atoms with Crippen LogP contribution in [0.15, 0.2) is 11.4 Å². The minimum atomic E-state index is 0.0175. The molecule has 76 valence electrons. The van der Waals surface area contributed by atoms with E-state index < -0.39 is 0 Å². The summed E-state index contributed by atoms with van der Waals surface area (Å²) in [6, 6.07) is 2.00. The molecule has 0 radical (unpaired) electrons. The Morgan fingerprint density at radius 1 is 1.71 bits per heavy atom. The predicted molar refractivity (Wildman–Crippen MR) is 60.7 cm³/mol. The van der Waals surface area contributed by atoms with Crippen LogP contribution in [-0.4, -0.2) is 13.7 Å². The van der Waals surface area contributed by atoms with Gasteiger partial charge in [0.05, 0.1) is 7.11 Å². The van der Waals surface area contributed by atoms with Gasteiger partial charge in [0.25, 0.3) is 0 Å². The lowest BCUT2D eigenvalue weighted by molar-refractivity contribution is 0.416. The molecule has 1 atom stereocenters. The van der Waals surface area contributed by atoms with Gasteiger partial charge in [-0.25, -0.2) is 0 Å². The highest BCUT2D eigenvalue weighted by Crippen LogP contribution is 2.26. The normalized spacial score (nSPS) is 12.1. The summed E-state index contributed by atoms with van der Waals surface area (Å²) in [7, 11) is 1.66. The van der Waals surface area contributed by atoms with E-state index >= 15 is 0 Å². The molecule has 1 rings (SSSR count). The van der Waals surface area contributed by atoms with E-state index in [0.29, 0.717) is 0 Å². The summed E-state index contributed by atoms with van der Waals surface area (Å²) in [6.07, 6.45) is 6.53. The molecule has 0 amide bonds. The Morgan fingerprint density at radius 2 is 2.50 bits per heavy atom. The summed E-state index contributed by atoms with van der Waals surface area (Å²) in [5.41, 5.74) is 0. The molecule has 0 bridgehead atoms. The zero-order valence-electron chi connectivity index (χ0n) is 8.54. The SMILES string of the molecule is C#CC(NCCC)c1cc(OC)cs1. The molecule has 1 aromatic rings. The zero-order valence-corrected chi connectivity index (χ0v) is 9.36. The maximum Gasteiger partial charge on any atom is 0.129 e. The second-order valence-corrected chi connectivity index (χ2v) is 3.89. The van der Waals surface area contributed by atoms with Gasteiger partial charge in [-0.2, -0.15) is 0 Å². The van der Waals surface area contributed by atoms with E-state index in [-0.39, 0.29) is 6.04 Å². The Hall–Kier alpha value is -0.980. The lowest BCUT2D eigenvalue weighted by atomic mass is 10.2. The molecule has 0 aromatic carbocycles. The third kappa shape index (κ3) is 2.76. The molecule has 2 nitrogen and oxygen atoms in total. The van der Waals surface area contributed by atoms with E-state index in [1.807, 2.05) is 11.4 Å². The van der Waals surface area contributed by atoms with Crippen LogP contribution >= 0.6 is 11.3 Å². The van der Waals surface area contributed by atoms with E-state index in [9.17, 15) is 0 Å². The van der Waals surface area contributed by atoms with E-state index in [1.165, 1.54) is 0 Å². The minimum Gasteiger partial charge on any atom is -0.496 e. The molecular weight excluding hydrogens is 194 g/mol. The first-order valence-electron chi connectivity index (χ1n) is 4.63. The molecular formula is C11H15NOS. The molecule has 1 N–H and O–H groups in total. The molecule has 0 spiro atoms. The average molecular weight is 209 g/mol. The van der Waals surface area contributed by atoms with Gasteiger partial charge in [0.15, 0.2) is 0 Å². The van der Waals surface area contributed by atoms with Crippen molar-refractivity contribution >= 4 is 11.3 Å². The fourth-order valence-corrected chi connectivity index (χ4v) is 2.01. The summed E-state index contributed by atoms with van der Waals surface area (Å²) >= 11 is 1.63. The molecule has 3 heteroatoms. The topological polar surface area (TPSA) is 21.3 Å². The van der Waals surface area contributed by atoms with Crippen molar-refractivity contribution in [2.75, 3.05) is 13.7 Å². The fraction of sp³-hybridized carbons (Fsp3) is 0.455. The van der Waals surface area contributed by atoms with Crippen LogP contribution in [0.2, 0.25) is 0 Å². The second kappa shape index (κ2) is 5.69. The molecule has 0 aliphatic rings. The minimum absolute atomic E-state index is 0.0175. The van der Waals surface area contributed by atoms with Gasteiger partial charge < -0.3 is 4.74 Å². The van der Waals surface area contributed by atoms with Gasteiger partial charge in [-0.15, -0.1) is 17.8 Å². The predicted octanol–water partition coefficient (Wildman–Crippen LogP) is 2.43. The van der Waals surface area contributed by atoms with Gasteiger partial charge in [0, 0.05) is 10.3 Å². The van der Waals surface area contributed by atoms with Crippen LogP contribution in [0.5, 0.6) is 5.75 Å². The number of methoxy groups -OCH3 is 1. The summed E-state index contributed by atoms with van der Waals surface area (Å²) in [5, 5.41) is 5.26. The highest BCUT2D eigenvalue weighted by molar-refractivity contribution is 7.10. The standard InChI is InChI=1S/C11H15NOS/c1-4-6-12-10(5-2)11-7-9(13-3)8-14-11/h2,7-8,10,12H,4,6H2,1,3H3. The van der Waals surface area contributed by atoms with Crippen molar-refractivity contribution < 1.29 is 4.74 Å². The lowest BCUT2D eigenvalue weighted by Gasteiger charge is -2.09. The third-order valence-corrected chi connectivity index (χ3v) is 2.86. The average Bonchev–Trinajstić information content (AvgIpc) is 2.68. The van der Waals surface area contributed by atoms with Crippen molar-refractivity contribution in [3.05, 3.63) is 16.3 Å². The quantitative estimate of drug-likeness (QED) is 0.752. The van der Waals surface area contributed by atoms with Gasteiger partial charge >= 0.3 is 0 Å². The number of terminal acetylenes is 1. The van der Waals surface area contributed by atoms with Crippen LogP contribution in [-0.2, 0) is 0 Å². The van der Waals surface area contributed by atoms with Crippen molar-refractivity contribution in [2.45, 2.75) is 19.4 Å². The molecule has 0 fully saturated rings. The highest BCUT2D eigenvalue weighted by atomic mass is 32.1. The maximum absolute atomic E-state index is 5.45. The maximum atomic E-state index is 5.45. The number of nitrogens with one attached hydrogen (secondary N) is 1. The zero-order chi connectivity index (χ0) is 10.4. The number of hydrogen-bond acceptors (Lipinski definition) is 3. The summed E-state index contributed by atoms with van der Waals surface area (Å²) < 4.78 is 5.11. The van der Waals surface area contributed by atoms with Crippen LogP contribution in [0.1, 0.15) is 24.3 Å². The van der Waals surface area contributed by atoms with Crippen molar-refractivity contribution in [3.63, 3.8) is 0 Å². The van der Waals surface area contributed by atoms with E-state index in [2.05, 4.69) is 18.2 Å². The Morgan fingerprint density at radius 3 is 3.00 bits per heavy atom. The Labute approximate surface area is 89.3 Å². The summed E-state index contributed by atoms with van der Waals surface area (Å²) in [4.78, 5) is 1.14. The largest absolute Gasteiger partial charge is 0.496 e. The van der Waals surface area contributed by atoms with Crippen molar-refractivity contribution in [3.8, 4) is 18.1 Å². The first-order valence-corrected chi connectivity index (χ1v) is 5.51. The number of thiophene rings is 1. The summed E-state index contributed by atoms with van der Waals surface area (Å²) in [5.74, 6) is 3.61.